The molecule has 0 aliphatic rings. The van der Waals surface area contributed by atoms with Crippen molar-refractivity contribution in [2.75, 3.05) is 5.73 Å². The lowest BCUT2D eigenvalue weighted by Gasteiger charge is -1.94. The summed E-state index contributed by atoms with van der Waals surface area (Å²) in [7, 11) is 0. The summed E-state index contributed by atoms with van der Waals surface area (Å²) in [6, 6.07) is 7.54. The molecule has 0 amide bonds. The van der Waals surface area contributed by atoms with Gasteiger partial charge in [0.1, 0.15) is 0 Å². The van der Waals surface area contributed by atoms with Crippen molar-refractivity contribution in [1.29, 1.82) is 0 Å². The number of benzene rings is 1. The van der Waals surface area contributed by atoms with E-state index in [0.29, 0.717) is 11.6 Å². The van der Waals surface area contributed by atoms with Crippen molar-refractivity contribution >= 4 is 16.7 Å². The maximum absolute atomic E-state index is 5.49. The van der Waals surface area contributed by atoms with Crippen LogP contribution in [0.25, 0.3) is 22.2 Å². The molecular formula is C10H8N4O. The van der Waals surface area contributed by atoms with Gasteiger partial charge in [-0.25, -0.2) is 0 Å². The molecule has 0 spiro atoms. The Kier molecular flexibility index (Phi) is 1.53. The minimum Gasteiger partial charge on any atom is -0.381 e. The molecule has 0 aliphatic heterocycles. The first-order valence-corrected chi connectivity index (χ1v) is 4.48. The molecule has 1 aromatic carbocycles. The number of hydrogen-bond acceptors (Lipinski definition) is 4. The normalized spacial score (nSPS) is 10.9. The SMILES string of the molecule is Nc1cc(-c2ccc3[nH]ncc3c2)on1. The zero-order valence-electron chi connectivity index (χ0n) is 7.77. The van der Waals surface area contributed by atoms with Crippen LogP contribution in [0.1, 0.15) is 0 Å². The molecule has 3 rings (SSSR count). The zero-order valence-corrected chi connectivity index (χ0v) is 7.77. The van der Waals surface area contributed by atoms with Gasteiger partial charge >= 0.3 is 0 Å². The molecule has 15 heavy (non-hydrogen) atoms. The molecule has 0 aliphatic carbocycles. The van der Waals surface area contributed by atoms with E-state index >= 15 is 0 Å². The number of H-pyrrole nitrogens is 1. The smallest absolute Gasteiger partial charge is 0.169 e. The highest BCUT2D eigenvalue weighted by Crippen LogP contribution is 2.24. The maximum Gasteiger partial charge on any atom is 0.169 e. The lowest BCUT2D eigenvalue weighted by atomic mass is 10.1. The Morgan fingerprint density at radius 1 is 1.27 bits per heavy atom. The summed E-state index contributed by atoms with van der Waals surface area (Å²) in [4.78, 5) is 0. The second-order valence-electron chi connectivity index (χ2n) is 3.29. The van der Waals surface area contributed by atoms with Gasteiger partial charge in [-0.1, -0.05) is 5.16 Å². The van der Waals surface area contributed by atoms with E-state index in [2.05, 4.69) is 15.4 Å². The van der Waals surface area contributed by atoms with Gasteiger partial charge in [-0.15, -0.1) is 0 Å². The third kappa shape index (κ3) is 1.25. The Bertz CT molecular complexity index is 610. The molecule has 0 fully saturated rings. The first-order valence-electron chi connectivity index (χ1n) is 4.48. The van der Waals surface area contributed by atoms with Crippen molar-refractivity contribution in [3.8, 4) is 11.3 Å². The molecular weight excluding hydrogens is 192 g/mol. The molecule has 0 saturated carbocycles. The number of aromatic nitrogens is 3. The molecule has 74 valence electrons. The molecule has 0 saturated heterocycles. The van der Waals surface area contributed by atoms with Crippen LogP contribution in [0.3, 0.4) is 0 Å². The highest BCUT2D eigenvalue weighted by Gasteiger charge is 2.05. The van der Waals surface area contributed by atoms with E-state index in [9.17, 15) is 0 Å². The maximum atomic E-state index is 5.49. The van der Waals surface area contributed by atoms with Gasteiger partial charge < -0.3 is 10.3 Å². The minimum atomic E-state index is 0.386. The molecule has 5 nitrogen and oxygen atoms in total. The summed E-state index contributed by atoms with van der Waals surface area (Å²) in [5.41, 5.74) is 7.42. The van der Waals surface area contributed by atoms with Gasteiger partial charge in [0.05, 0.1) is 11.7 Å². The van der Waals surface area contributed by atoms with Crippen LogP contribution in [0, 0.1) is 0 Å². The highest BCUT2D eigenvalue weighted by atomic mass is 16.5. The lowest BCUT2D eigenvalue weighted by Crippen LogP contribution is -1.80. The summed E-state index contributed by atoms with van der Waals surface area (Å²) in [5, 5.41) is 11.5. The van der Waals surface area contributed by atoms with Crippen molar-refractivity contribution in [2.45, 2.75) is 0 Å². The number of nitrogens with zero attached hydrogens (tertiary/aromatic N) is 2. The summed E-state index contributed by atoms with van der Waals surface area (Å²) in [6.45, 7) is 0. The van der Waals surface area contributed by atoms with E-state index in [4.69, 9.17) is 10.3 Å². The van der Waals surface area contributed by atoms with Crippen LogP contribution in [-0.4, -0.2) is 15.4 Å². The van der Waals surface area contributed by atoms with Crippen molar-refractivity contribution in [2.24, 2.45) is 0 Å². The van der Waals surface area contributed by atoms with Gasteiger partial charge in [-0.2, -0.15) is 5.10 Å². The number of aromatic amines is 1. The van der Waals surface area contributed by atoms with Crippen LogP contribution in [-0.2, 0) is 0 Å². The number of nitrogens with two attached hydrogens (primary N) is 1. The summed E-state index contributed by atoms with van der Waals surface area (Å²) >= 11 is 0. The Hall–Kier alpha value is -2.30. The predicted octanol–water partition coefficient (Wildman–Crippen LogP) is 1.80. The van der Waals surface area contributed by atoms with Crippen LogP contribution in [0.2, 0.25) is 0 Å². The van der Waals surface area contributed by atoms with E-state index in [1.54, 1.807) is 12.3 Å². The van der Waals surface area contributed by atoms with E-state index < -0.39 is 0 Å². The van der Waals surface area contributed by atoms with Gasteiger partial charge in [0.15, 0.2) is 11.6 Å². The first-order chi connectivity index (χ1) is 7.33. The molecule has 3 N–H and O–H groups in total. The number of fused-ring (bicyclic) bond motifs is 1. The number of anilines is 1. The molecule has 0 unspecified atom stereocenters. The van der Waals surface area contributed by atoms with Gasteiger partial charge in [0, 0.05) is 17.0 Å². The molecule has 2 aromatic heterocycles. The number of nitrogen functional groups attached to an aromatic ring is 1. The number of hydrogen-bond donors (Lipinski definition) is 2. The van der Waals surface area contributed by atoms with Crippen molar-refractivity contribution < 1.29 is 4.52 Å². The highest BCUT2D eigenvalue weighted by molar-refractivity contribution is 5.83. The standard InChI is InChI=1S/C10H8N4O/c11-10-4-9(15-14-10)6-1-2-8-7(3-6)5-12-13-8/h1-5H,(H2,11,14)(H,12,13). The van der Waals surface area contributed by atoms with Crippen molar-refractivity contribution in [1.82, 2.24) is 15.4 Å². The van der Waals surface area contributed by atoms with Crippen LogP contribution in [0.4, 0.5) is 5.82 Å². The second-order valence-corrected chi connectivity index (χ2v) is 3.29. The third-order valence-electron chi connectivity index (χ3n) is 2.25. The fourth-order valence-electron chi connectivity index (χ4n) is 1.52. The Morgan fingerprint density at radius 3 is 3.00 bits per heavy atom. The summed E-state index contributed by atoms with van der Waals surface area (Å²) in [6.07, 6.45) is 1.76. The molecule has 0 radical (unpaired) electrons. The van der Waals surface area contributed by atoms with Crippen LogP contribution in [0.15, 0.2) is 35.0 Å². The number of nitrogens with one attached hydrogen (secondary N) is 1. The van der Waals surface area contributed by atoms with E-state index in [1.807, 2.05) is 18.2 Å². The third-order valence-corrected chi connectivity index (χ3v) is 2.25. The van der Waals surface area contributed by atoms with Crippen LogP contribution in [0.5, 0.6) is 0 Å². The van der Waals surface area contributed by atoms with E-state index in [-0.39, 0.29) is 0 Å². The Labute approximate surface area is 84.9 Å². The van der Waals surface area contributed by atoms with Gasteiger partial charge in [0.2, 0.25) is 0 Å². The van der Waals surface area contributed by atoms with Crippen molar-refractivity contribution in [3.05, 3.63) is 30.5 Å². The lowest BCUT2D eigenvalue weighted by molar-refractivity contribution is 0.436. The molecule has 2 heterocycles. The largest absolute Gasteiger partial charge is 0.381 e. The zero-order chi connectivity index (χ0) is 10.3. The molecule has 0 atom stereocenters. The molecule has 5 heteroatoms. The summed E-state index contributed by atoms with van der Waals surface area (Å²) < 4.78 is 5.07. The second kappa shape index (κ2) is 2.84. The fourth-order valence-corrected chi connectivity index (χ4v) is 1.52. The topological polar surface area (TPSA) is 80.7 Å². The van der Waals surface area contributed by atoms with Gasteiger partial charge in [-0.05, 0) is 18.2 Å². The first kappa shape index (κ1) is 8.05. The predicted molar refractivity (Wildman–Crippen MR) is 56.0 cm³/mol. The van der Waals surface area contributed by atoms with E-state index in [0.717, 1.165) is 16.5 Å². The monoisotopic (exact) mass is 200 g/mol. The van der Waals surface area contributed by atoms with Crippen LogP contribution >= 0.6 is 0 Å². The Balaban J connectivity index is 2.18. The molecule has 3 aromatic rings. The molecule has 0 bridgehead atoms. The van der Waals surface area contributed by atoms with Gasteiger partial charge in [-0.3, -0.25) is 5.10 Å². The quantitative estimate of drug-likeness (QED) is 0.627. The van der Waals surface area contributed by atoms with E-state index in [1.165, 1.54) is 0 Å². The average Bonchev–Trinajstić information content (AvgIpc) is 2.84. The minimum absolute atomic E-state index is 0.386. The van der Waals surface area contributed by atoms with Gasteiger partial charge in [0.25, 0.3) is 0 Å². The summed E-state index contributed by atoms with van der Waals surface area (Å²) in [5.74, 6) is 1.05. The van der Waals surface area contributed by atoms with Crippen molar-refractivity contribution in [3.63, 3.8) is 0 Å². The van der Waals surface area contributed by atoms with Crippen LogP contribution < -0.4 is 5.73 Å². The number of rotatable bonds is 1. The fraction of sp³-hybridized carbons (Fsp3) is 0. The Morgan fingerprint density at radius 2 is 2.20 bits per heavy atom. The average molecular weight is 200 g/mol.